The van der Waals surface area contributed by atoms with Crippen LogP contribution in [0, 0.1) is 28.1 Å². The topological polar surface area (TPSA) is 79.8 Å². The van der Waals surface area contributed by atoms with E-state index in [1.54, 1.807) is 18.2 Å². The number of benzene rings is 1. The van der Waals surface area contributed by atoms with Crippen LogP contribution in [0.5, 0.6) is 0 Å². The molecule has 0 spiro atoms. The number of aliphatic hydroxyl groups excluding tert-OH is 1. The first-order valence-corrected chi connectivity index (χ1v) is 6.43. The molecule has 4 nitrogen and oxygen atoms in total. The summed E-state index contributed by atoms with van der Waals surface area (Å²) in [7, 11) is 0. The van der Waals surface area contributed by atoms with Crippen molar-refractivity contribution in [3.05, 3.63) is 29.3 Å². The van der Waals surface area contributed by atoms with Gasteiger partial charge in [0.1, 0.15) is 12.1 Å². The molecular formula is C15H19N3O. The Morgan fingerprint density at radius 2 is 1.79 bits per heavy atom. The minimum atomic E-state index is -0.138. The second-order valence-electron chi connectivity index (χ2n) is 4.70. The van der Waals surface area contributed by atoms with Crippen LogP contribution in [-0.4, -0.2) is 18.3 Å². The van der Waals surface area contributed by atoms with Crippen LogP contribution in [0.4, 0.5) is 5.69 Å². The van der Waals surface area contributed by atoms with E-state index in [0.717, 1.165) is 18.5 Å². The number of rotatable bonds is 6. The van der Waals surface area contributed by atoms with Crippen LogP contribution >= 0.6 is 0 Å². The average molecular weight is 257 g/mol. The van der Waals surface area contributed by atoms with Crippen molar-refractivity contribution < 1.29 is 5.11 Å². The van der Waals surface area contributed by atoms with Crippen LogP contribution in [-0.2, 0) is 0 Å². The number of hydrogen-bond donors (Lipinski definition) is 2. The predicted molar refractivity (Wildman–Crippen MR) is 74.5 cm³/mol. The van der Waals surface area contributed by atoms with Crippen molar-refractivity contribution in [1.82, 2.24) is 0 Å². The first kappa shape index (κ1) is 15.0. The lowest BCUT2D eigenvalue weighted by Crippen LogP contribution is -2.32. The second-order valence-corrected chi connectivity index (χ2v) is 4.70. The van der Waals surface area contributed by atoms with Gasteiger partial charge in [0.25, 0.3) is 0 Å². The van der Waals surface area contributed by atoms with Crippen molar-refractivity contribution in [3.63, 3.8) is 0 Å². The maximum Gasteiger partial charge on any atom is 0.101 e. The lowest BCUT2D eigenvalue weighted by atomic mass is 9.83. The fourth-order valence-electron chi connectivity index (χ4n) is 1.91. The van der Waals surface area contributed by atoms with Gasteiger partial charge >= 0.3 is 0 Å². The van der Waals surface area contributed by atoms with Crippen LogP contribution in [0.2, 0.25) is 0 Å². The van der Waals surface area contributed by atoms with E-state index in [0.29, 0.717) is 17.7 Å². The maximum atomic E-state index is 9.50. The average Bonchev–Trinajstić information content (AvgIpc) is 2.49. The Balaban J connectivity index is 2.85. The highest BCUT2D eigenvalue weighted by molar-refractivity contribution is 5.56. The molecule has 100 valence electrons. The molecule has 0 saturated carbocycles. The monoisotopic (exact) mass is 257 g/mol. The highest BCUT2D eigenvalue weighted by Crippen LogP contribution is 2.26. The van der Waals surface area contributed by atoms with Crippen molar-refractivity contribution in [2.24, 2.45) is 5.41 Å². The van der Waals surface area contributed by atoms with Gasteiger partial charge in [-0.25, -0.2) is 0 Å². The highest BCUT2D eigenvalue weighted by atomic mass is 16.3. The summed E-state index contributed by atoms with van der Waals surface area (Å²) in [5.74, 6) is 0. The molecule has 0 aliphatic rings. The Morgan fingerprint density at radius 3 is 2.26 bits per heavy atom. The SMILES string of the molecule is CCC(CC)(CO)CNc1ccc(C#N)c(C#N)c1. The van der Waals surface area contributed by atoms with E-state index in [2.05, 4.69) is 19.2 Å². The Kier molecular flexibility index (Phi) is 5.36. The summed E-state index contributed by atoms with van der Waals surface area (Å²) in [5.41, 5.74) is 1.42. The Bertz CT molecular complexity index is 499. The zero-order valence-electron chi connectivity index (χ0n) is 11.4. The zero-order chi connectivity index (χ0) is 14.3. The summed E-state index contributed by atoms with van der Waals surface area (Å²) in [4.78, 5) is 0. The van der Waals surface area contributed by atoms with Gasteiger partial charge in [-0.3, -0.25) is 0 Å². The molecule has 1 aromatic rings. The summed E-state index contributed by atoms with van der Waals surface area (Å²) < 4.78 is 0. The molecule has 0 bridgehead atoms. The molecule has 4 heteroatoms. The third-order valence-corrected chi connectivity index (χ3v) is 3.76. The standard InChI is InChI=1S/C15H19N3O/c1-3-15(4-2,11-19)10-18-14-6-5-12(8-16)13(7-14)9-17/h5-7,18-19H,3-4,10-11H2,1-2H3. The lowest BCUT2D eigenvalue weighted by molar-refractivity contribution is 0.127. The van der Waals surface area contributed by atoms with Crippen molar-refractivity contribution in [3.8, 4) is 12.1 Å². The molecule has 0 amide bonds. The number of anilines is 1. The van der Waals surface area contributed by atoms with E-state index in [9.17, 15) is 5.11 Å². The van der Waals surface area contributed by atoms with Crippen molar-refractivity contribution in [1.29, 1.82) is 10.5 Å². The van der Waals surface area contributed by atoms with E-state index < -0.39 is 0 Å². The van der Waals surface area contributed by atoms with Gasteiger partial charge < -0.3 is 10.4 Å². The number of aliphatic hydroxyl groups is 1. The van der Waals surface area contributed by atoms with Gasteiger partial charge in [-0.2, -0.15) is 10.5 Å². The van der Waals surface area contributed by atoms with Crippen LogP contribution < -0.4 is 5.32 Å². The number of nitrogens with zero attached hydrogens (tertiary/aromatic N) is 2. The molecular weight excluding hydrogens is 238 g/mol. The van der Waals surface area contributed by atoms with Crippen molar-refractivity contribution in [2.75, 3.05) is 18.5 Å². The lowest BCUT2D eigenvalue weighted by Gasteiger charge is -2.30. The van der Waals surface area contributed by atoms with Gasteiger partial charge in [-0.05, 0) is 31.0 Å². The Morgan fingerprint density at radius 1 is 1.16 bits per heavy atom. The smallest absolute Gasteiger partial charge is 0.101 e. The molecule has 0 heterocycles. The Hall–Kier alpha value is -2.04. The zero-order valence-corrected chi connectivity index (χ0v) is 11.4. The first-order valence-electron chi connectivity index (χ1n) is 6.43. The molecule has 1 rings (SSSR count). The summed E-state index contributed by atoms with van der Waals surface area (Å²) in [6, 6.07) is 9.10. The molecule has 2 N–H and O–H groups in total. The van der Waals surface area contributed by atoms with Crippen molar-refractivity contribution >= 4 is 5.69 Å². The van der Waals surface area contributed by atoms with Crippen molar-refractivity contribution in [2.45, 2.75) is 26.7 Å². The van der Waals surface area contributed by atoms with E-state index in [1.165, 1.54) is 0 Å². The minimum Gasteiger partial charge on any atom is -0.396 e. The van der Waals surface area contributed by atoms with Crippen LogP contribution in [0.1, 0.15) is 37.8 Å². The molecule has 0 unspecified atom stereocenters. The van der Waals surface area contributed by atoms with Gasteiger partial charge in [0.2, 0.25) is 0 Å². The van der Waals surface area contributed by atoms with E-state index >= 15 is 0 Å². The van der Waals surface area contributed by atoms with Gasteiger partial charge in [0, 0.05) is 17.6 Å². The predicted octanol–water partition coefficient (Wildman–Crippen LogP) is 2.64. The highest BCUT2D eigenvalue weighted by Gasteiger charge is 2.24. The van der Waals surface area contributed by atoms with Crippen LogP contribution in [0.15, 0.2) is 18.2 Å². The minimum absolute atomic E-state index is 0.133. The molecule has 0 radical (unpaired) electrons. The first-order chi connectivity index (χ1) is 9.14. The van der Waals surface area contributed by atoms with Gasteiger partial charge in [-0.1, -0.05) is 13.8 Å². The van der Waals surface area contributed by atoms with E-state index in [4.69, 9.17) is 10.5 Å². The van der Waals surface area contributed by atoms with E-state index in [-0.39, 0.29) is 12.0 Å². The third-order valence-electron chi connectivity index (χ3n) is 3.76. The molecule has 0 fully saturated rings. The maximum absolute atomic E-state index is 9.50. The summed E-state index contributed by atoms with van der Waals surface area (Å²) in [5, 5.41) is 30.6. The fourth-order valence-corrected chi connectivity index (χ4v) is 1.91. The fraction of sp³-hybridized carbons (Fsp3) is 0.467. The molecule has 1 aromatic carbocycles. The molecule has 0 aliphatic carbocycles. The quantitative estimate of drug-likeness (QED) is 0.821. The summed E-state index contributed by atoms with van der Waals surface area (Å²) in [6.07, 6.45) is 1.77. The largest absolute Gasteiger partial charge is 0.396 e. The number of nitrogens with one attached hydrogen (secondary N) is 1. The second kappa shape index (κ2) is 6.78. The molecule has 0 aliphatic heterocycles. The molecule has 0 atom stereocenters. The van der Waals surface area contributed by atoms with E-state index in [1.807, 2.05) is 12.1 Å². The normalized spacial score (nSPS) is 10.6. The van der Waals surface area contributed by atoms with Gasteiger partial charge in [0.05, 0.1) is 17.7 Å². The van der Waals surface area contributed by atoms with Gasteiger partial charge in [0.15, 0.2) is 0 Å². The van der Waals surface area contributed by atoms with Crippen LogP contribution in [0.25, 0.3) is 0 Å². The molecule has 0 aromatic heterocycles. The third kappa shape index (κ3) is 3.47. The van der Waals surface area contributed by atoms with Gasteiger partial charge in [-0.15, -0.1) is 0 Å². The number of hydrogen-bond acceptors (Lipinski definition) is 4. The summed E-state index contributed by atoms with van der Waals surface area (Å²) >= 11 is 0. The Labute approximate surface area is 114 Å². The van der Waals surface area contributed by atoms with Crippen LogP contribution in [0.3, 0.4) is 0 Å². The molecule has 0 saturated heterocycles. The number of nitriles is 2. The molecule has 19 heavy (non-hydrogen) atoms. The summed E-state index contributed by atoms with van der Waals surface area (Å²) in [6.45, 7) is 4.89.